The van der Waals surface area contributed by atoms with Crippen LogP contribution < -0.4 is 11.1 Å². The van der Waals surface area contributed by atoms with Gasteiger partial charge in [-0.15, -0.1) is 0 Å². The number of carbonyl (C=O) groups excluding carboxylic acids is 1. The highest BCUT2D eigenvalue weighted by atomic mass is 19.1. The van der Waals surface area contributed by atoms with Crippen LogP contribution in [0.25, 0.3) is 11.1 Å². The molecular weight excluding hydrogens is 287 g/mol. The van der Waals surface area contributed by atoms with E-state index in [1.807, 2.05) is 0 Å². The summed E-state index contributed by atoms with van der Waals surface area (Å²) in [7, 11) is 1.61. The van der Waals surface area contributed by atoms with Crippen LogP contribution in [0.1, 0.15) is 15.9 Å². The van der Waals surface area contributed by atoms with Gasteiger partial charge in [-0.2, -0.15) is 0 Å². The lowest BCUT2D eigenvalue weighted by atomic mass is 10.1. The van der Waals surface area contributed by atoms with Gasteiger partial charge in [-0.25, -0.2) is 9.18 Å². The number of hydrogen-bond donors (Lipinski definition) is 1. The molecule has 0 aliphatic heterocycles. The van der Waals surface area contributed by atoms with Crippen molar-refractivity contribution >= 4 is 17.0 Å². The molecule has 0 spiro atoms. The van der Waals surface area contributed by atoms with Gasteiger partial charge in [0.1, 0.15) is 5.82 Å². The minimum absolute atomic E-state index is 0.000658. The average Bonchev–Trinajstić information content (AvgIpc) is 2.80. The standard InChI is InChI=1S/C16H13FN2O3/c1-19-13-8-10(6-7-14(13)22-16(19)21)9-18-15(20)11-4-2-3-5-12(11)17/h2-8H,9H2,1H3,(H,18,20). The number of nitrogens with zero attached hydrogens (tertiary/aromatic N) is 1. The van der Waals surface area contributed by atoms with Gasteiger partial charge in [-0.05, 0) is 29.8 Å². The van der Waals surface area contributed by atoms with Crippen molar-refractivity contribution in [3.63, 3.8) is 0 Å². The number of carbonyl (C=O) groups is 1. The first-order valence-electron chi connectivity index (χ1n) is 6.67. The molecule has 22 heavy (non-hydrogen) atoms. The lowest BCUT2D eigenvalue weighted by Gasteiger charge is -2.06. The molecular formula is C16H13FN2O3. The number of hydrogen-bond acceptors (Lipinski definition) is 3. The van der Waals surface area contributed by atoms with Gasteiger partial charge in [0.25, 0.3) is 5.91 Å². The van der Waals surface area contributed by atoms with Crippen molar-refractivity contribution in [3.05, 3.63) is 70.0 Å². The molecule has 1 aromatic heterocycles. The Morgan fingerprint density at radius 3 is 2.82 bits per heavy atom. The van der Waals surface area contributed by atoms with Gasteiger partial charge >= 0.3 is 5.76 Å². The second-order valence-electron chi connectivity index (χ2n) is 4.89. The van der Waals surface area contributed by atoms with E-state index in [9.17, 15) is 14.0 Å². The Labute approximate surface area is 125 Å². The number of nitrogens with one attached hydrogen (secondary N) is 1. The Bertz CT molecular complexity index is 911. The number of benzene rings is 2. The minimum atomic E-state index is -0.562. The van der Waals surface area contributed by atoms with Crippen LogP contribution >= 0.6 is 0 Å². The van der Waals surface area contributed by atoms with E-state index in [0.29, 0.717) is 11.1 Å². The fraction of sp³-hybridized carbons (Fsp3) is 0.125. The summed E-state index contributed by atoms with van der Waals surface area (Å²) in [5.74, 6) is -1.49. The van der Waals surface area contributed by atoms with E-state index < -0.39 is 17.5 Å². The quantitative estimate of drug-likeness (QED) is 0.806. The Kier molecular flexibility index (Phi) is 3.50. The van der Waals surface area contributed by atoms with Crippen LogP contribution in [-0.2, 0) is 13.6 Å². The van der Waals surface area contributed by atoms with Crippen molar-refractivity contribution in [1.29, 1.82) is 0 Å². The molecule has 5 nitrogen and oxygen atoms in total. The maximum Gasteiger partial charge on any atom is 0.419 e. The smallest absolute Gasteiger partial charge is 0.408 e. The normalized spacial score (nSPS) is 10.8. The van der Waals surface area contributed by atoms with Gasteiger partial charge in [0.05, 0.1) is 11.1 Å². The molecule has 1 amide bonds. The van der Waals surface area contributed by atoms with Crippen molar-refractivity contribution in [2.24, 2.45) is 7.05 Å². The summed E-state index contributed by atoms with van der Waals surface area (Å²) in [5.41, 5.74) is 1.91. The Morgan fingerprint density at radius 2 is 2.05 bits per heavy atom. The van der Waals surface area contributed by atoms with E-state index in [1.54, 1.807) is 31.3 Å². The van der Waals surface area contributed by atoms with Crippen molar-refractivity contribution < 1.29 is 13.6 Å². The highest BCUT2D eigenvalue weighted by molar-refractivity contribution is 5.94. The lowest BCUT2D eigenvalue weighted by Crippen LogP contribution is -2.23. The molecule has 0 unspecified atom stereocenters. The predicted octanol–water partition coefficient (Wildman–Crippen LogP) is 2.20. The van der Waals surface area contributed by atoms with Crippen molar-refractivity contribution in [2.75, 3.05) is 0 Å². The Hall–Kier alpha value is -2.89. The maximum atomic E-state index is 13.5. The fourth-order valence-electron chi connectivity index (χ4n) is 2.21. The predicted molar refractivity (Wildman–Crippen MR) is 79.0 cm³/mol. The van der Waals surface area contributed by atoms with E-state index in [0.717, 1.165) is 5.56 Å². The zero-order valence-corrected chi connectivity index (χ0v) is 11.8. The summed E-state index contributed by atoms with van der Waals surface area (Å²) < 4.78 is 19.9. The van der Waals surface area contributed by atoms with Gasteiger partial charge in [0.2, 0.25) is 0 Å². The first-order valence-corrected chi connectivity index (χ1v) is 6.67. The lowest BCUT2D eigenvalue weighted by molar-refractivity contribution is 0.0947. The number of aryl methyl sites for hydroxylation is 1. The molecule has 3 rings (SSSR count). The zero-order chi connectivity index (χ0) is 15.7. The van der Waals surface area contributed by atoms with Gasteiger partial charge < -0.3 is 9.73 Å². The summed E-state index contributed by atoms with van der Waals surface area (Å²) in [4.78, 5) is 23.4. The van der Waals surface area contributed by atoms with Crippen molar-refractivity contribution in [2.45, 2.75) is 6.54 Å². The number of halogens is 1. The third kappa shape index (κ3) is 2.50. The molecule has 3 aromatic rings. The first-order chi connectivity index (χ1) is 10.6. The topological polar surface area (TPSA) is 64.2 Å². The van der Waals surface area contributed by atoms with E-state index in [-0.39, 0.29) is 12.1 Å². The molecule has 0 aliphatic carbocycles. The monoisotopic (exact) mass is 300 g/mol. The number of aromatic nitrogens is 1. The molecule has 1 N–H and O–H groups in total. The van der Waals surface area contributed by atoms with Crippen molar-refractivity contribution in [3.8, 4) is 0 Å². The van der Waals surface area contributed by atoms with Crippen LogP contribution in [0.5, 0.6) is 0 Å². The summed E-state index contributed by atoms with van der Waals surface area (Å²) >= 11 is 0. The molecule has 0 fully saturated rings. The number of rotatable bonds is 3. The SMILES string of the molecule is Cn1c(=O)oc2ccc(CNC(=O)c3ccccc3F)cc21. The molecule has 0 aliphatic rings. The summed E-state index contributed by atoms with van der Waals surface area (Å²) in [5, 5.41) is 2.65. The molecule has 112 valence electrons. The molecule has 0 radical (unpaired) electrons. The zero-order valence-electron chi connectivity index (χ0n) is 11.8. The minimum Gasteiger partial charge on any atom is -0.408 e. The molecule has 0 atom stereocenters. The molecule has 2 aromatic carbocycles. The molecule has 1 heterocycles. The molecule has 6 heteroatoms. The number of fused-ring (bicyclic) bond motifs is 1. The van der Waals surface area contributed by atoms with Gasteiger partial charge in [0.15, 0.2) is 5.58 Å². The maximum absolute atomic E-state index is 13.5. The van der Waals surface area contributed by atoms with Gasteiger partial charge in [0, 0.05) is 13.6 Å². The van der Waals surface area contributed by atoms with E-state index >= 15 is 0 Å². The van der Waals surface area contributed by atoms with E-state index in [4.69, 9.17) is 4.42 Å². The van der Waals surface area contributed by atoms with Gasteiger partial charge in [-0.1, -0.05) is 18.2 Å². The summed E-state index contributed by atoms with van der Waals surface area (Å²) in [6, 6.07) is 11.0. The summed E-state index contributed by atoms with van der Waals surface area (Å²) in [6.07, 6.45) is 0. The van der Waals surface area contributed by atoms with E-state index in [2.05, 4.69) is 5.32 Å². The third-order valence-corrected chi connectivity index (χ3v) is 3.43. The number of oxazole rings is 1. The molecule has 0 saturated carbocycles. The third-order valence-electron chi connectivity index (χ3n) is 3.43. The molecule has 0 bridgehead atoms. The largest absolute Gasteiger partial charge is 0.419 e. The summed E-state index contributed by atoms with van der Waals surface area (Å²) in [6.45, 7) is 0.225. The van der Waals surface area contributed by atoms with Gasteiger partial charge in [-0.3, -0.25) is 9.36 Å². The van der Waals surface area contributed by atoms with Crippen LogP contribution in [0.15, 0.2) is 51.7 Å². The second kappa shape index (κ2) is 5.48. The Morgan fingerprint density at radius 1 is 1.27 bits per heavy atom. The number of amides is 1. The van der Waals surface area contributed by atoms with Crippen LogP contribution in [0.3, 0.4) is 0 Å². The van der Waals surface area contributed by atoms with Crippen LogP contribution in [-0.4, -0.2) is 10.5 Å². The fourth-order valence-corrected chi connectivity index (χ4v) is 2.21. The molecule has 0 saturated heterocycles. The van der Waals surface area contributed by atoms with E-state index in [1.165, 1.54) is 22.8 Å². The van der Waals surface area contributed by atoms with Crippen LogP contribution in [0, 0.1) is 5.82 Å². The van der Waals surface area contributed by atoms with Crippen LogP contribution in [0.4, 0.5) is 4.39 Å². The van der Waals surface area contributed by atoms with Crippen molar-refractivity contribution in [1.82, 2.24) is 9.88 Å². The first kappa shape index (κ1) is 14.1. The highest BCUT2D eigenvalue weighted by Crippen LogP contribution is 2.14. The van der Waals surface area contributed by atoms with Crippen LogP contribution in [0.2, 0.25) is 0 Å². The second-order valence-corrected chi connectivity index (χ2v) is 4.89. The average molecular weight is 300 g/mol. The Balaban J connectivity index is 1.79. The highest BCUT2D eigenvalue weighted by Gasteiger charge is 2.11.